The maximum atomic E-state index is 6.22. The van der Waals surface area contributed by atoms with Gasteiger partial charge in [0.2, 0.25) is 0 Å². The number of likely N-dealkylation sites (tertiary alicyclic amines) is 1. The van der Waals surface area contributed by atoms with E-state index in [2.05, 4.69) is 59.0 Å². The molecule has 1 saturated heterocycles. The van der Waals surface area contributed by atoms with Crippen LogP contribution < -0.4 is 9.47 Å². The van der Waals surface area contributed by atoms with E-state index in [1.54, 1.807) is 7.11 Å². The normalized spacial score (nSPS) is 16.4. The summed E-state index contributed by atoms with van der Waals surface area (Å²) in [6, 6.07) is 16.8. The minimum absolute atomic E-state index is 0.126. The van der Waals surface area contributed by atoms with E-state index in [1.165, 1.54) is 35.7 Å². The molecule has 0 aliphatic carbocycles. The SMILES string of the molecule is COc1cccc(Cn2ccc3cc(OC(C)N4CCCCC4)ccc32)c1. The Hall–Kier alpha value is -2.46. The third-order valence-electron chi connectivity index (χ3n) is 5.44. The second-order valence-electron chi connectivity index (χ2n) is 7.33. The number of ether oxygens (including phenoxy) is 2. The van der Waals surface area contributed by atoms with Crippen LogP contribution in [0.25, 0.3) is 10.9 Å². The number of methoxy groups -OCH3 is 1. The zero-order valence-corrected chi connectivity index (χ0v) is 16.2. The van der Waals surface area contributed by atoms with E-state index in [0.717, 1.165) is 31.1 Å². The first-order valence-corrected chi connectivity index (χ1v) is 9.85. The van der Waals surface area contributed by atoms with E-state index in [4.69, 9.17) is 9.47 Å². The minimum Gasteiger partial charge on any atom is -0.497 e. The zero-order valence-electron chi connectivity index (χ0n) is 16.2. The summed E-state index contributed by atoms with van der Waals surface area (Å²) in [5, 5.41) is 1.21. The fraction of sp³-hybridized carbons (Fsp3) is 0.391. The summed E-state index contributed by atoms with van der Waals surface area (Å²) < 4.78 is 13.8. The van der Waals surface area contributed by atoms with Crippen LogP contribution in [-0.2, 0) is 6.54 Å². The number of hydrogen-bond donors (Lipinski definition) is 0. The molecule has 0 bridgehead atoms. The monoisotopic (exact) mass is 364 g/mol. The van der Waals surface area contributed by atoms with E-state index in [9.17, 15) is 0 Å². The minimum atomic E-state index is 0.126. The van der Waals surface area contributed by atoms with Crippen molar-refractivity contribution in [3.05, 3.63) is 60.3 Å². The summed E-state index contributed by atoms with van der Waals surface area (Å²) in [7, 11) is 1.70. The van der Waals surface area contributed by atoms with Gasteiger partial charge >= 0.3 is 0 Å². The van der Waals surface area contributed by atoms with Crippen LogP contribution in [0.2, 0.25) is 0 Å². The van der Waals surface area contributed by atoms with Gasteiger partial charge in [0.05, 0.1) is 7.11 Å². The summed E-state index contributed by atoms with van der Waals surface area (Å²) in [5.74, 6) is 1.84. The maximum Gasteiger partial charge on any atom is 0.149 e. The van der Waals surface area contributed by atoms with Crippen molar-refractivity contribution in [2.75, 3.05) is 20.2 Å². The summed E-state index contributed by atoms with van der Waals surface area (Å²) in [6.07, 6.45) is 6.17. The highest BCUT2D eigenvalue weighted by molar-refractivity contribution is 5.81. The molecule has 1 aliphatic rings. The van der Waals surface area contributed by atoms with Gasteiger partial charge in [-0.25, -0.2) is 0 Å². The highest BCUT2D eigenvalue weighted by Crippen LogP contribution is 2.25. The van der Waals surface area contributed by atoms with Crippen LogP contribution >= 0.6 is 0 Å². The number of aromatic nitrogens is 1. The largest absolute Gasteiger partial charge is 0.497 e. The van der Waals surface area contributed by atoms with Gasteiger partial charge in [0.15, 0.2) is 0 Å². The molecule has 1 aromatic heterocycles. The quantitative estimate of drug-likeness (QED) is 0.622. The Morgan fingerprint density at radius 2 is 1.81 bits per heavy atom. The van der Waals surface area contributed by atoms with E-state index in [0.29, 0.717) is 0 Å². The summed E-state index contributed by atoms with van der Waals surface area (Å²) in [5.41, 5.74) is 2.45. The number of hydrogen-bond acceptors (Lipinski definition) is 3. The Labute approximate surface area is 161 Å². The molecule has 1 atom stereocenters. The Morgan fingerprint density at radius 1 is 0.963 bits per heavy atom. The van der Waals surface area contributed by atoms with Crippen LogP contribution in [-0.4, -0.2) is 35.9 Å². The van der Waals surface area contributed by atoms with E-state index in [-0.39, 0.29) is 6.23 Å². The number of benzene rings is 2. The van der Waals surface area contributed by atoms with Crippen molar-refractivity contribution in [3.63, 3.8) is 0 Å². The van der Waals surface area contributed by atoms with E-state index >= 15 is 0 Å². The van der Waals surface area contributed by atoms with Crippen molar-refractivity contribution >= 4 is 10.9 Å². The van der Waals surface area contributed by atoms with Gasteiger partial charge in [0.25, 0.3) is 0 Å². The molecule has 4 heteroatoms. The predicted molar refractivity (Wildman–Crippen MR) is 110 cm³/mol. The maximum absolute atomic E-state index is 6.22. The van der Waals surface area contributed by atoms with Gasteiger partial charge in [-0.05, 0) is 61.7 Å². The second kappa shape index (κ2) is 8.05. The topological polar surface area (TPSA) is 26.6 Å². The first-order valence-electron chi connectivity index (χ1n) is 9.85. The number of nitrogens with zero attached hydrogens (tertiary/aromatic N) is 2. The van der Waals surface area contributed by atoms with Gasteiger partial charge in [-0.1, -0.05) is 18.6 Å². The molecule has 0 radical (unpaired) electrons. The van der Waals surface area contributed by atoms with Crippen molar-refractivity contribution in [1.82, 2.24) is 9.47 Å². The Kier molecular flexibility index (Phi) is 5.35. The van der Waals surface area contributed by atoms with Gasteiger partial charge in [-0.2, -0.15) is 0 Å². The summed E-state index contributed by atoms with van der Waals surface area (Å²) in [4.78, 5) is 2.43. The molecule has 1 fully saturated rings. The molecule has 142 valence electrons. The van der Waals surface area contributed by atoms with Crippen LogP contribution in [0.3, 0.4) is 0 Å². The number of piperidine rings is 1. The second-order valence-corrected chi connectivity index (χ2v) is 7.33. The molecule has 3 aromatic rings. The molecular weight excluding hydrogens is 336 g/mol. The van der Waals surface area contributed by atoms with Crippen molar-refractivity contribution in [1.29, 1.82) is 0 Å². The average molecular weight is 364 g/mol. The lowest BCUT2D eigenvalue weighted by Crippen LogP contribution is -2.40. The number of rotatable bonds is 6. The molecule has 27 heavy (non-hydrogen) atoms. The first kappa shape index (κ1) is 17.9. The Morgan fingerprint density at radius 3 is 2.63 bits per heavy atom. The van der Waals surface area contributed by atoms with Crippen molar-refractivity contribution in [3.8, 4) is 11.5 Å². The van der Waals surface area contributed by atoms with Crippen LogP contribution in [0, 0.1) is 0 Å². The molecule has 0 N–H and O–H groups in total. The first-order chi connectivity index (χ1) is 13.2. The third kappa shape index (κ3) is 4.11. The van der Waals surface area contributed by atoms with Gasteiger partial charge in [0.1, 0.15) is 17.7 Å². The van der Waals surface area contributed by atoms with E-state index < -0.39 is 0 Å². The van der Waals surface area contributed by atoms with Crippen LogP contribution in [0.1, 0.15) is 31.7 Å². The molecule has 4 nitrogen and oxygen atoms in total. The summed E-state index contributed by atoms with van der Waals surface area (Å²) >= 11 is 0. The Bertz CT molecular complexity index is 896. The molecule has 0 spiro atoms. The molecule has 2 aromatic carbocycles. The molecule has 4 rings (SSSR count). The average Bonchev–Trinajstić information content (AvgIpc) is 3.10. The molecule has 0 saturated carbocycles. The van der Waals surface area contributed by atoms with Crippen LogP contribution in [0.5, 0.6) is 11.5 Å². The Balaban J connectivity index is 1.49. The van der Waals surface area contributed by atoms with Crippen molar-refractivity contribution < 1.29 is 9.47 Å². The van der Waals surface area contributed by atoms with Gasteiger partial charge in [-0.3, -0.25) is 4.90 Å². The highest BCUT2D eigenvalue weighted by Gasteiger charge is 2.18. The molecular formula is C23H28N2O2. The fourth-order valence-corrected chi connectivity index (χ4v) is 3.91. The van der Waals surface area contributed by atoms with Crippen LogP contribution in [0.15, 0.2) is 54.7 Å². The van der Waals surface area contributed by atoms with Crippen molar-refractivity contribution in [2.24, 2.45) is 0 Å². The van der Waals surface area contributed by atoms with Gasteiger partial charge < -0.3 is 14.0 Å². The number of fused-ring (bicyclic) bond motifs is 1. The lowest BCUT2D eigenvalue weighted by atomic mass is 10.1. The molecule has 2 heterocycles. The predicted octanol–water partition coefficient (Wildman–Crippen LogP) is 4.91. The van der Waals surface area contributed by atoms with Crippen molar-refractivity contribution in [2.45, 2.75) is 39.0 Å². The fourth-order valence-electron chi connectivity index (χ4n) is 3.91. The summed E-state index contributed by atoms with van der Waals surface area (Å²) in [6.45, 7) is 5.26. The van der Waals surface area contributed by atoms with E-state index in [1.807, 2.05) is 12.1 Å². The zero-order chi connectivity index (χ0) is 18.6. The third-order valence-corrected chi connectivity index (χ3v) is 5.44. The lowest BCUT2D eigenvalue weighted by Gasteiger charge is -2.32. The van der Waals surface area contributed by atoms with Crippen LogP contribution in [0.4, 0.5) is 0 Å². The van der Waals surface area contributed by atoms with Gasteiger partial charge in [0, 0.05) is 36.7 Å². The molecule has 1 unspecified atom stereocenters. The molecule has 0 amide bonds. The highest BCUT2D eigenvalue weighted by atomic mass is 16.5. The standard InChI is InChI=1S/C23H28N2O2/c1-18(24-12-4-3-5-13-24)27-22-9-10-23-20(16-22)11-14-25(23)17-19-7-6-8-21(15-19)26-2/h6-11,14-16,18H,3-5,12-13,17H2,1-2H3. The lowest BCUT2D eigenvalue weighted by molar-refractivity contribution is 0.0263. The van der Waals surface area contributed by atoms with Gasteiger partial charge in [-0.15, -0.1) is 0 Å². The smallest absolute Gasteiger partial charge is 0.149 e. The molecule has 1 aliphatic heterocycles.